The van der Waals surface area contributed by atoms with Crippen LogP contribution in [0.25, 0.3) is 5.70 Å². The third-order valence-electron chi connectivity index (χ3n) is 2.99. The van der Waals surface area contributed by atoms with Crippen molar-refractivity contribution >= 4 is 17.3 Å². The molecule has 0 fully saturated rings. The van der Waals surface area contributed by atoms with Crippen LogP contribution >= 0.6 is 11.6 Å². The number of aromatic hydroxyl groups is 1. The Labute approximate surface area is 115 Å². The van der Waals surface area contributed by atoms with Gasteiger partial charge in [0.25, 0.3) is 0 Å². The monoisotopic (exact) mass is 273 g/mol. The van der Waals surface area contributed by atoms with Gasteiger partial charge in [0.15, 0.2) is 0 Å². The van der Waals surface area contributed by atoms with Crippen molar-refractivity contribution in [3.8, 4) is 5.75 Å². The Bertz CT molecular complexity index is 628. The smallest absolute Gasteiger partial charge is 0.125 e. The molecule has 5 heteroatoms. The first-order chi connectivity index (χ1) is 9.24. The lowest BCUT2D eigenvalue weighted by Crippen LogP contribution is -2.26. The molecule has 1 unspecified atom stereocenters. The van der Waals surface area contributed by atoms with Crippen molar-refractivity contribution in [3.05, 3.63) is 65.0 Å². The summed E-state index contributed by atoms with van der Waals surface area (Å²) in [6.07, 6.45) is 5.53. The van der Waals surface area contributed by atoms with Crippen molar-refractivity contribution in [1.29, 1.82) is 0 Å². The van der Waals surface area contributed by atoms with Gasteiger partial charge < -0.3 is 10.5 Å². The van der Waals surface area contributed by atoms with Crippen molar-refractivity contribution < 1.29 is 5.11 Å². The van der Waals surface area contributed by atoms with Gasteiger partial charge in [0.1, 0.15) is 5.75 Å². The highest BCUT2D eigenvalue weighted by Gasteiger charge is 2.19. The molecular weight excluding hydrogens is 262 g/mol. The summed E-state index contributed by atoms with van der Waals surface area (Å²) in [5.41, 5.74) is 8.71. The highest BCUT2D eigenvalue weighted by molar-refractivity contribution is 6.30. The summed E-state index contributed by atoms with van der Waals surface area (Å²) < 4.78 is 0. The van der Waals surface area contributed by atoms with E-state index in [0.29, 0.717) is 10.6 Å². The topological polar surface area (TPSA) is 57.2 Å². The number of hydrazine groups is 1. The number of halogens is 1. The SMILES string of the molecule is Oc1ccc(Cl)cc1C1=CC(c2cccnc2)NN1. The maximum atomic E-state index is 9.87. The molecule has 0 spiro atoms. The van der Waals surface area contributed by atoms with Crippen molar-refractivity contribution in [2.24, 2.45) is 0 Å². The van der Waals surface area contributed by atoms with Gasteiger partial charge in [-0.15, -0.1) is 0 Å². The highest BCUT2D eigenvalue weighted by atomic mass is 35.5. The molecule has 2 aromatic rings. The van der Waals surface area contributed by atoms with Gasteiger partial charge in [-0.3, -0.25) is 4.98 Å². The van der Waals surface area contributed by atoms with Crippen LogP contribution in [0.5, 0.6) is 5.75 Å². The second kappa shape index (κ2) is 4.91. The average molecular weight is 274 g/mol. The predicted molar refractivity (Wildman–Crippen MR) is 74.3 cm³/mol. The Morgan fingerprint density at radius 1 is 1.26 bits per heavy atom. The Kier molecular flexibility index (Phi) is 3.11. The summed E-state index contributed by atoms with van der Waals surface area (Å²) in [6, 6.07) is 8.85. The lowest BCUT2D eigenvalue weighted by Gasteiger charge is -2.08. The van der Waals surface area contributed by atoms with Crippen LogP contribution in [0.2, 0.25) is 5.02 Å². The first-order valence-corrected chi connectivity index (χ1v) is 6.24. The fourth-order valence-electron chi connectivity index (χ4n) is 2.03. The van der Waals surface area contributed by atoms with Gasteiger partial charge in [0, 0.05) is 23.0 Å². The maximum Gasteiger partial charge on any atom is 0.125 e. The van der Waals surface area contributed by atoms with E-state index in [4.69, 9.17) is 11.6 Å². The molecule has 1 aromatic heterocycles. The van der Waals surface area contributed by atoms with Crippen LogP contribution in [0.4, 0.5) is 0 Å². The van der Waals surface area contributed by atoms with E-state index in [1.54, 1.807) is 30.6 Å². The summed E-state index contributed by atoms with van der Waals surface area (Å²) in [5, 5.41) is 10.5. The molecule has 96 valence electrons. The molecule has 3 rings (SSSR count). The van der Waals surface area contributed by atoms with E-state index in [9.17, 15) is 5.11 Å². The molecule has 0 amide bonds. The molecule has 1 aromatic carbocycles. The summed E-state index contributed by atoms with van der Waals surface area (Å²) >= 11 is 5.95. The molecule has 4 nitrogen and oxygen atoms in total. The summed E-state index contributed by atoms with van der Waals surface area (Å²) in [7, 11) is 0. The molecule has 2 heterocycles. The van der Waals surface area contributed by atoms with Crippen LogP contribution < -0.4 is 10.9 Å². The minimum absolute atomic E-state index is 0.0158. The normalized spacial score (nSPS) is 17.9. The number of phenolic OH excluding ortho intramolecular Hbond substituents is 1. The predicted octanol–water partition coefficient (Wildman–Crippen LogP) is 2.63. The van der Waals surface area contributed by atoms with Crippen LogP contribution in [0.15, 0.2) is 48.8 Å². The van der Waals surface area contributed by atoms with Crippen LogP contribution in [0.3, 0.4) is 0 Å². The van der Waals surface area contributed by atoms with E-state index in [-0.39, 0.29) is 11.8 Å². The summed E-state index contributed by atoms with van der Waals surface area (Å²) in [5.74, 6) is 0.191. The number of hydrogen-bond donors (Lipinski definition) is 3. The number of rotatable bonds is 2. The number of nitrogens with one attached hydrogen (secondary N) is 2. The van der Waals surface area contributed by atoms with Gasteiger partial charge >= 0.3 is 0 Å². The first kappa shape index (κ1) is 12.0. The molecule has 0 saturated carbocycles. The molecule has 0 saturated heterocycles. The van der Waals surface area contributed by atoms with E-state index >= 15 is 0 Å². The molecule has 3 N–H and O–H groups in total. The van der Waals surface area contributed by atoms with Crippen LogP contribution in [0, 0.1) is 0 Å². The quantitative estimate of drug-likeness (QED) is 0.787. The van der Waals surface area contributed by atoms with Gasteiger partial charge in [-0.05, 0) is 35.9 Å². The second-order valence-corrected chi connectivity index (χ2v) is 4.71. The van der Waals surface area contributed by atoms with Gasteiger partial charge in [-0.2, -0.15) is 0 Å². The van der Waals surface area contributed by atoms with Gasteiger partial charge in [-0.1, -0.05) is 17.7 Å². The van der Waals surface area contributed by atoms with E-state index in [2.05, 4.69) is 15.8 Å². The molecule has 1 aliphatic heterocycles. The molecule has 1 atom stereocenters. The Morgan fingerprint density at radius 2 is 2.16 bits per heavy atom. The number of nitrogens with zero attached hydrogens (tertiary/aromatic N) is 1. The Morgan fingerprint density at radius 3 is 2.95 bits per heavy atom. The van der Waals surface area contributed by atoms with Gasteiger partial charge in [-0.25, -0.2) is 5.43 Å². The third kappa shape index (κ3) is 2.41. The summed E-state index contributed by atoms with van der Waals surface area (Å²) in [6.45, 7) is 0. The first-order valence-electron chi connectivity index (χ1n) is 5.86. The zero-order chi connectivity index (χ0) is 13.2. The average Bonchev–Trinajstić information content (AvgIpc) is 2.92. The minimum Gasteiger partial charge on any atom is -0.507 e. The Hall–Kier alpha value is -2.04. The fraction of sp³-hybridized carbons (Fsp3) is 0.0714. The molecule has 0 radical (unpaired) electrons. The Balaban J connectivity index is 1.93. The standard InChI is InChI=1S/C14H12ClN3O/c15-10-3-4-14(19)11(6-10)13-7-12(17-18-13)9-2-1-5-16-8-9/h1-8,12,17-19H. The van der Waals surface area contributed by atoms with Gasteiger partial charge in [0.2, 0.25) is 0 Å². The zero-order valence-corrected chi connectivity index (χ0v) is 10.7. The molecule has 19 heavy (non-hydrogen) atoms. The lowest BCUT2D eigenvalue weighted by atomic mass is 10.1. The maximum absolute atomic E-state index is 9.87. The second-order valence-electron chi connectivity index (χ2n) is 4.28. The summed E-state index contributed by atoms with van der Waals surface area (Å²) in [4.78, 5) is 4.09. The number of pyridine rings is 1. The van der Waals surface area contributed by atoms with Crippen molar-refractivity contribution in [2.75, 3.05) is 0 Å². The van der Waals surface area contributed by atoms with Crippen molar-refractivity contribution in [3.63, 3.8) is 0 Å². The molecule has 1 aliphatic rings. The minimum atomic E-state index is 0.0158. The van der Waals surface area contributed by atoms with Crippen LogP contribution in [-0.4, -0.2) is 10.1 Å². The van der Waals surface area contributed by atoms with E-state index in [1.807, 2.05) is 18.2 Å². The van der Waals surface area contributed by atoms with E-state index < -0.39 is 0 Å². The van der Waals surface area contributed by atoms with E-state index in [0.717, 1.165) is 11.3 Å². The molecule has 0 aliphatic carbocycles. The third-order valence-corrected chi connectivity index (χ3v) is 3.22. The number of benzene rings is 1. The largest absolute Gasteiger partial charge is 0.507 e. The number of aromatic nitrogens is 1. The van der Waals surface area contributed by atoms with Crippen LogP contribution in [0.1, 0.15) is 17.2 Å². The van der Waals surface area contributed by atoms with Gasteiger partial charge in [0.05, 0.1) is 11.7 Å². The van der Waals surface area contributed by atoms with E-state index in [1.165, 1.54) is 0 Å². The lowest BCUT2D eigenvalue weighted by molar-refractivity contribution is 0.473. The highest BCUT2D eigenvalue weighted by Crippen LogP contribution is 2.30. The fourth-order valence-corrected chi connectivity index (χ4v) is 2.20. The molecule has 0 bridgehead atoms. The van der Waals surface area contributed by atoms with Crippen molar-refractivity contribution in [1.82, 2.24) is 15.8 Å². The van der Waals surface area contributed by atoms with Crippen molar-refractivity contribution in [2.45, 2.75) is 6.04 Å². The molecular formula is C14H12ClN3O. The zero-order valence-electron chi connectivity index (χ0n) is 9.97. The number of hydrogen-bond acceptors (Lipinski definition) is 4. The van der Waals surface area contributed by atoms with Crippen LogP contribution in [-0.2, 0) is 0 Å². The number of phenols is 1.